The van der Waals surface area contributed by atoms with Crippen LogP contribution in [0, 0.1) is 34.9 Å². The highest BCUT2D eigenvalue weighted by Crippen LogP contribution is 2.47. The molecule has 12 rings (SSSR count). The number of carbonyl (C=O) groups is 6. The first-order valence-corrected chi connectivity index (χ1v) is 27.5. The number of aliphatic hydroxyl groups excluding tert-OH is 3. The fourth-order valence-electron chi connectivity index (χ4n) is 11.8. The van der Waals surface area contributed by atoms with Crippen LogP contribution in [0.1, 0.15) is 55.2 Å². The van der Waals surface area contributed by atoms with Gasteiger partial charge in [-0.1, -0.05) is 71.2 Å². The fraction of sp³-hybridized carbons (Fsp3) is 0.300. The number of anilines is 3. The van der Waals surface area contributed by atoms with Crippen molar-refractivity contribution in [3.05, 3.63) is 194 Å². The Hall–Kier alpha value is -7.53. The van der Waals surface area contributed by atoms with E-state index < -0.39 is 87.6 Å². The van der Waals surface area contributed by atoms with Crippen LogP contribution in [0.15, 0.2) is 127 Å². The Bertz CT molecular complexity index is 3200. The predicted octanol–water partition coefficient (Wildman–Crippen LogP) is 8.66. The van der Waals surface area contributed by atoms with Crippen LogP contribution in [0.25, 0.3) is 0 Å². The molecule has 84 heavy (non-hydrogen) atoms. The highest BCUT2D eigenvalue weighted by Gasteiger charge is 2.62. The summed E-state index contributed by atoms with van der Waals surface area (Å²) in [7, 11) is 0. The second-order valence-corrected chi connectivity index (χ2v) is 22.9. The van der Waals surface area contributed by atoms with Crippen LogP contribution < -0.4 is 14.7 Å². The number of rotatable bonds is 9. The van der Waals surface area contributed by atoms with Gasteiger partial charge in [0.15, 0.2) is 0 Å². The maximum absolute atomic E-state index is 14.4. The monoisotopic (exact) mass is 1220 g/mol. The van der Waals surface area contributed by atoms with Crippen LogP contribution >= 0.6 is 34.8 Å². The quantitative estimate of drug-likeness (QED) is 0.119. The molecule has 3 N–H and O–H groups in total. The molecule has 0 bridgehead atoms. The lowest BCUT2D eigenvalue weighted by Gasteiger charge is -2.55. The number of nitrogens with zero attached hydrogens (tertiary/aromatic N) is 6. The van der Waals surface area contributed by atoms with Crippen molar-refractivity contribution < 1.29 is 70.4 Å². The summed E-state index contributed by atoms with van der Waals surface area (Å²) in [5.41, 5.74) is -1.81. The number of hydrogen-bond donors (Lipinski definition) is 3. The van der Waals surface area contributed by atoms with Gasteiger partial charge in [-0.3, -0.25) is 43.5 Å². The number of benzene rings is 6. The van der Waals surface area contributed by atoms with Crippen molar-refractivity contribution >= 4 is 87.3 Å². The summed E-state index contributed by atoms with van der Waals surface area (Å²) in [6, 6.07) is 28.6. The molecule has 3 aliphatic carbocycles. The van der Waals surface area contributed by atoms with Crippen molar-refractivity contribution in [2.75, 3.05) is 34.3 Å². The van der Waals surface area contributed by atoms with Gasteiger partial charge in [0.1, 0.15) is 71.2 Å². The predicted molar refractivity (Wildman–Crippen MR) is 296 cm³/mol. The molecule has 6 amide bonds. The summed E-state index contributed by atoms with van der Waals surface area (Å²) >= 11 is 17.3. The minimum atomic E-state index is -1.24. The lowest BCUT2D eigenvalue weighted by Crippen LogP contribution is -2.73. The Labute approximate surface area is 491 Å². The zero-order valence-corrected chi connectivity index (χ0v) is 46.5. The topological polar surface area (TPSA) is 183 Å². The Morgan fingerprint density at radius 3 is 0.798 bits per heavy atom. The lowest BCUT2D eigenvalue weighted by molar-refractivity contribution is -0.167. The molecule has 3 saturated heterocycles. The number of carbonyl (C=O) groups excluding carboxylic acids is 6. The summed E-state index contributed by atoms with van der Waals surface area (Å²) < 4.78 is 82.7. The first-order valence-electron chi connectivity index (χ1n) is 26.4. The van der Waals surface area contributed by atoms with Crippen molar-refractivity contribution in [1.82, 2.24) is 14.7 Å². The summed E-state index contributed by atoms with van der Waals surface area (Å²) in [4.78, 5) is 86.2. The fourth-order valence-corrected chi connectivity index (χ4v) is 12.2. The van der Waals surface area contributed by atoms with Crippen LogP contribution in [0.5, 0.6) is 0 Å². The number of amides is 6. The maximum atomic E-state index is 14.4. The molecule has 6 aromatic carbocycles. The van der Waals surface area contributed by atoms with E-state index in [1.165, 1.54) is 87.5 Å². The zero-order chi connectivity index (χ0) is 60.2. The van der Waals surface area contributed by atoms with Gasteiger partial charge in [0.25, 0.3) is 17.7 Å². The van der Waals surface area contributed by atoms with E-state index in [1.54, 1.807) is 36.4 Å². The lowest BCUT2D eigenvalue weighted by atomic mass is 9.70. The Kier molecular flexibility index (Phi) is 16.7. The minimum Gasteiger partial charge on any atom is -0.393 e. The number of aliphatic hydroxyl groups is 3. The first-order chi connectivity index (χ1) is 39.9. The third kappa shape index (κ3) is 11.4. The number of hydrogen-bond acceptors (Lipinski definition) is 9. The highest BCUT2D eigenvalue weighted by molar-refractivity contribution is 6.31. The molecule has 3 spiro atoms. The molecule has 15 nitrogen and oxygen atoms in total. The molecule has 438 valence electrons. The molecular formula is C60H51Cl3F6N6O9. The van der Waals surface area contributed by atoms with E-state index in [4.69, 9.17) is 34.8 Å². The molecule has 0 unspecified atom stereocenters. The van der Waals surface area contributed by atoms with Gasteiger partial charge < -0.3 is 30.0 Å². The highest BCUT2D eigenvalue weighted by atomic mass is 35.5. The summed E-state index contributed by atoms with van der Waals surface area (Å²) in [6.45, 7) is -0.652. The van der Waals surface area contributed by atoms with Crippen LogP contribution in [0.3, 0.4) is 0 Å². The molecule has 3 saturated carbocycles. The average Bonchev–Trinajstić information content (AvgIpc) is 0.769. The van der Waals surface area contributed by atoms with Crippen LogP contribution in [-0.2, 0) is 48.4 Å². The molecule has 24 heteroatoms. The van der Waals surface area contributed by atoms with Gasteiger partial charge >= 0.3 is 0 Å². The first kappa shape index (κ1) is 59.6. The van der Waals surface area contributed by atoms with E-state index in [9.17, 15) is 70.4 Å². The maximum Gasteiger partial charge on any atom is 0.253 e. The molecule has 0 radical (unpaired) electrons. The second kappa shape index (κ2) is 23.5. The van der Waals surface area contributed by atoms with E-state index >= 15 is 0 Å². The summed E-state index contributed by atoms with van der Waals surface area (Å²) in [5.74, 6) is -5.74. The van der Waals surface area contributed by atoms with Gasteiger partial charge in [0, 0.05) is 73.2 Å². The van der Waals surface area contributed by atoms with Gasteiger partial charge in [0.2, 0.25) is 17.7 Å². The smallest absolute Gasteiger partial charge is 0.253 e. The van der Waals surface area contributed by atoms with Crippen LogP contribution in [-0.4, -0.2) is 120 Å². The average molecular weight is 1220 g/mol. The van der Waals surface area contributed by atoms with Gasteiger partial charge in [0.05, 0.1) is 35.4 Å². The van der Waals surface area contributed by atoms with Gasteiger partial charge in [-0.2, -0.15) is 0 Å². The van der Waals surface area contributed by atoms with E-state index in [1.807, 2.05) is 0 Å². The van der Waals surface area contributed by atoms with Crippen molar-refractivity contribution in [2.45, 2.75) is 93.1 Å². The van der Waals surface area contributed by atoms with Gasteiger partial charge in [-0.25, -0.2) is 26.3 Å². The van der Waals surface area contributed by atoms with Gasteiger partial charge in [-0.05, 0) is 108 Å². The molecule has 3 heterocycles. The summed E-state index contributed by atoms with van der Waals surface area (Å²) in [5, 5.41) is 30.2. The standard InChI is InChI=1S/3C20H17ClF2N2O3/c3*21-13-3-6-17(16(23)7-13)24-11-18(27)25(10-12-1-4-14(22)5-2-12)20(19(24)28)8-15(26)9-20/h3*1-7,15,26H,8-11H2. The number of halogens is 9. The van der Waals surface area contributed by atoms with E-state index in [0.29, 0.717) is 16.7 Å². The number of piperazine rings is 3. The SMILES string of the molecule is O=C1CN(c2ccc(Cl)cc2F)C(=O)C2(CC(O)C2)N1Cc1ccc(F)cc1.O=C1CN(c2ccc(Cl)cc2F)C(=O)C2(CC(O)C2)N1Cc1ccc(F)cc1.O=C1CN(c2ccc(Cl)cc2F)C(=O)C2(CC(O)C2)N1Cc1ccc(F)cc1. The molecule has 0 atom stereocenters. The second-order valence-electron chi connectivity index (χ2n) is 21.6. The van der Waals surface area contributed by atoms with Crippen molar-refractivity contribution in [3.8, 4) is 0 Å². The van der Waals surface area contributed by atoms with E-state index in [-0.39, 0.29) is 128 Å². The third-order valence-electron chi connectivity index (χ3n) is 16.1. The van der Waals surface area contributed by atoms with E-state index in [0.717, 1.165) is 32.9 Å². The largest absolute Gasteiger partial charge is 0.393 e. The van der Waals surface area contributed by atoms with Crippen LogP contribution in [0.4, 0.5) is 43.4 Å². The van der Waals surface area contributed by atoms with Crippen molar-refractivity contribution in [2.24, 2.45) is 0 Å². The van der Waals surface area contributed by atoms with E-state index in [2.05, 4.69) is 0 Å². The van der Waals surface area contributed by atoms with Gasteiger partial charge in [-0.15, -0.1) is 0 Å². The molecule has 3 aliphatic heterocycles. The Morgan fingerprint density at radius 2 is 0.595 bits per heavy atom. The summed E-state index contributed by atoms with van der Waals surface area (Å²) in [6.07, 6.45) is -1.72. The normalized spacial score (nSPS) is 24.6. The van der Waals surface area contributed by atoms with Crippen molar-refractivity contribution in [3.63, 3.8) is 0 Å². The Balaban J connectivity index is 0.000000140. The zero-order valence-electron chi connectivity index (χ0n) is 44.2. The Morgan fingerprint density at radius 1 is 0.369 bits per heavy atom. The van der Waals surface area contributed by atoms with Crippen LogP contribution in [0.2, 0.25) is 15.1 Å². The molecule has 6 fully saturated rings. The molecule has 0 aromatic heterocycles. The molecule has 6 aliphatic rings. The molecular weight excluding hydrogens is 1170 g/mol. The third-order valence-corrected chi connectivity index (χ3v) is 16.8. The van der Waals surface area contributed by atoms with Crippen molar-refractivity contribution in [1.29, 1.82) is 0 Å². The minimum absolute atomic E-state index is 0.0232. The molecule has 6 aromatic rings.